The average molecular weight is 127 g/mol. The molecule has 0 N–H and O–H groups in total. The molecule has 0 saturated heterocycles. The van der Waals surface area contributed by atoms with Crippen LogP contribution in [0.15, 0.2) is 29.2 Å². The molecule has 0 radical (unpaired) electrons. The first kappa shape index (κ1) is 8.08. The number of rotatable bonds is 2. The van der Waals surface area contributed by atoms with Gasteiger partial charge in [0.2, 0.25) is 0 Å². The van der Waals surface area contributed by atoms with E-state index in [-0.39, 0.29) is 5.83 Å². The highest BCUT2D eigenvalue weighted by atomic mass is 19.1. The Morgan fingerprint density at radius 1 is 1.56 bits per heavy atom. The van der Waals surface area contributed by atoms with Gasteiger partial charge in [0, 0.05) is 6.21 Å². The first-order chi connectivity index (χ1) is 4.13. The number of allylic oxidation sites excluding steroid dienone is 2. The second-order valence-corrected chi connectivity index (χ2v) is 1.84. The number of hydrogen-bond donors (Lipinski definition) is 0. The average Bonchev–Trinajstić information content (AvgIpc) is 1.63. The van der Waals surface area contributed by atoms with Gasteiger partial charge >= 0.3 is 0 Å². The Balaban J connectivity index is 3.74. The fourth-order valence-corrected chi connectivity index (χ4v) is 0.267. The molecule has 1 nitrogen and oxygen atoms in total. The molecule has 0 aromatic rings. The molecule has 0 spiro atoms. The van der Waals surface area contributed by atoms with Crippen LogP contribution in [0.5, 0.6) is 0 Å². The Morgan fingerprint density at radius 2 is 2.11 bits per heavy atom. The van der Waals surface area contributed by atoms with Crippen molar-refractivity contribution < 1.29 is 4.39 Å². The molecule has 0 saturated carbocycles. The summed E-state index contributed by atoms with van der Waals surface area (Å²) in [5.41, 5.74) is 0.812. The third-order valence-corrected chi connectivity index (χ3v) is 0.547. The Kier molecular flexibility index (Phi) is 3.60. The molecule has 9 heavy (non-hydrogen) atoms. The Labute approximate surface area is 54.6 Å². The van der Waals surface area contributed by atoms with Crippen LogP contribution < -0.4 is 0 Å². The van der Waals surface area contributed by atoms with Gasteiger partial charge in [0.1, 0.15) is 5.83 Å². The molecule has 0 amide bonds. The predicted octanol–water partition coefficient (Wildman–Crippen LogP) is 2.46. The highest BCUT2D eigenvalue weighted by molar-refractivity contribution is 5.77. The van der Waals surface area contributed by atoms with Crippen molar-refractivity contribution in [1.29, 1.82) is 0 Å². The monoisotopic (exact) mass is 127 g/mol. The Hall–Kier alpha value is -0.920. The number of hydrogen-bond acceptors (Lipinski definition) is 1. The van der Waals surface area contributed by atoms with E-state index >= 15 is 0 Å². The summed E-state index contributed by atoms with van der Waals surface area (Å²) in [5, 5.41) is 0. The van der Waals surface area contributed by atoms with Crippen LogP contribution in [0, 0.1) is 0 Å². The van der Waals surface area contributed by atoms with Crippen LogP contribution in [0.4, 0.5) is 4.39 Å². The van der Waals surface area contributed by atoms with Crippen LogP contribution in [0.1, 0.15) is 13.8 Å². The Morgan fingerprint density at radius 3 is 2.44 bits per heavy atom. The molecular weight excluding hydrogens is 117 g/mol. The quantitative estimate of drug-likeness (QED) is 0.505. The van der Waals surface area contributed by atoms with Crippen molar-refractivity contribution in [1.82, 2.24) is 0 Å². The summed E-state index contributed by atoms with van der Waals surface area (Å²) in [4.78, 5) is 3.61. The fourth-order valence-electron chi connectivity index (χ4n) is 0.267. The molecule has 0 atom stereocenters. The highest BCUT2D eigenvalue weighted by Crippen LogP contribution is 1.91. The van der Waals surface area contributed by atoms with Gasteiger partial charge in [-0.05, 0) is 19.4 Å². The minimum Gasteiger partial charge on any atom is -0.262 e. The van der Waals surface area contributed by atoms with Gasteiger partial charge in [-0.3, -0.25) is 4.99 Å². The maximum absolute atomic E-state index is 11.9. The molecule has 0 rings (SSSR count). The van der Waals surface area contributed by atoms with Crippen LogP contribution in [0.25, 0.3) is 0 Å². The largest absolute Gasteiger partial charge is 0.262 e. The van der Waals surface area contributed by atoms with Crippen molar-refractivity contribution in [2.75, 3.05) is 0 Å². The van der Waals surface area contributed by atoms with E-state index < -0.39 is 0 Å². The summed E-state index contributed by atoms with van der Waals surface area (Å²) in [6.45, 7) is 6.69. The molecule has 0 aromatic heterocycles. The highest BCUT2D eigenvalue weighted by Gasteiger charge is 1.75. The molecule has 0 aliphatic carbocycles. The van der Waals surface area contributed by atoms with Crippen LogP contribution in [0.3, 0.4) is 0 Å². The minimum absolute atomic E-state index is 0.299. The van der Waals surface area contributed by atoms with Gasteiger partial charge in [0.25, 0.3) is 0 Å². The molecule has 2 heteroatoms. The van der Waals surface area contributed by atoms with Crippen molar-refractivity contribution in [3.8, 4) is 0 Å². The number of nitrogens with zero attached hydrogens (tertiary/aromatic N) is 1. The van der Waals surface area contributed by atoms with E-state index in [1.54, 1.807) is 6.92 Å². The lowest BCUT2D eigenvalue weighted by Gasteiger charge is -1.80. The van der Waals surface area contributed by atoms with Crippen LogP contribution in [-0.4, -0.2) is 6.21 Å². The van der Waals surface area contributed by atoms with Crippen molar-refractivity contribution in [2.45, 2.75) is 13.8 Å². The molecule has 0 heterocycles. The maximum atomic E-state index is 11.9. The molecule has 0 aliphatic rings. The molecular formula is C7H10FN. The van der Waals surface area contributed by atoms with E-state index in [0.717, 1.165) is 11.8 Å². The van der Waals surface area contributed by atoms with Gasteiger partial charge in [-0.15, -0.1) is 0 Å². The van der Waals surface area contributed by atoms with Gasteiger partial charge in [0.05, 0.1) is 6.20 Å². The lowest BCUT2D eigenvalue weighted by Crippen LogP contribution is -1.70. The van der Waals surface area contributed by atoms with Crippen LogP contribution in [0.2, 0.25) is 0 Å². The Bertz CT molecular complexity index is 152. The third-order valence-electron chi connectivity index (χ3n) is 0.547. The molecule has 0 aromatic carbocycles. The molecule has 0 fully saturated rings. The topological polar surface area (TPSA) is 12.4 Å². The summed E-state index contributed by atoms with van der Waals surface area (Å²) in [6.07, 6.45) is 2.65. The second-order valence-electron chi connectivity index (χ2n) is 1.84. The standard InChI is InChI=1S/C7H10FN/c1-6(2)4-9-5-7(3)8/h4-5H,1H2,2-3H3/b7-5+,9-4?. The second kappa shape index (κ2) is 4.01. The van der Waals surface area contributed by atoms with Gasteiger partial charge < -0.3 is 0 Å². The van der Waals surface area contributed by atoms with Gasteiger partial charge in [-0.25, -0.2) is 4.39 Å². The maximum Gasteiger partial charge on any atom is 0.115 e. The first-order valence-electron chi connectivity index (χ1n) is 2.64. The van der Waals surface area contributed by atoms with E-state index in [0.29, 0.717) is 0 Å². The smallest absolute Gasteiger partial charge is 0.115 e. The van der Waals surface area contributed by atoms with E-state index in [1.165, 1.54) is 13.1 Å². The summed E-state index contributed by atoms with van der Waals surface area (Å²) in [6, 6.07) is 0. The fraction of sp³-hybridized carbons (Fsp3) is 0.286. The molecule has 0 aliphatic heterocycles. The zero-order valence-electron chi connectivity index (χ0n) is 5.69. The van der Waals surface area contributed by atoms with Gasteiger partial charge in [-0.1, -0.05) is 6.58 Å². The van der Waals surface area contributed by atoms with E-state index in [9.17, 15) is 4.39 Å². The van der Waals surface area contributed by atoms with Gasteiger partial charge in [-0.2, -0.15) is 0 Å². The molecule has 0 unspecified atom stereocenters. The van der Waals surface area contributed by atoms with Crippen molar-refractivity contribution >= 4 is 6.21 Å². The van der Waals surface area contributed by atoms with E-state index in [1.807, 2.05) is 0 Å². The van der Waals surface area contributed by atoms with Crippen LogP contribution in [-0.2, 0) is 0 Å². The summed E-state index contributed by atoms with van der Waals surface area (Å²) < 4.78 is 11.9. The third kappa shape index (κ3) is 7.08. The minimum atomic E-state index is -0.299. The zero-order valence-corrected chi connectivity index (χ0v) is 5.69. The van der Waals surface area contributed by atoms with Crippen molar-refractivity contribution in [2.24, 2.45) is 4.99 Å². The summed E-state index contributed by atoms with van der Waals surface area (Å²) in [5.74, 6) is -0.299. The van der Waals surface area contributed by atoms with Crippen LogP contribution >= 0.6 is 0 Å². The van der Waals surface area contributed by atoms with E-state index in [2.05, 4.69) is 11.6 Å². The van der Waals surface area contributed by atoms with Gasteiger partial charge in [0.15, 0.2) is 0 Å². The lowest BCUT2D eigenvalue weighted by atomic mass is 10.4. The van der Waals surface area contributed by atoms with Crippen molar-refractivity contribution in [3.63, 3.8) is 0 Å². The van der Waals surface area contributed by atoms with E-state index in [4.69, 9.17) is 0 Å². The molecule has 0 bridgehead atoms. The number of aliphatic imine (C=N–C) groups is 1. The predicted molar refractivity (Wildman–Crippen MR) is 38.2 cm³/mol. The summed E-state index contributed by atoms with van der Waals surface area (Å²) >= 11 is 0. The summed E-state index contributed by atoms with van der Waals surface area (Å²) in [7, 11) is 0. The lowest BCUT2D eigenvalue weighted by molar-refractivity contribution is 0.637. The number of halogens is 1. The normalized spacial score (nSPS) is 12.6. The van der Waals surface area contributed by atoms with Crippen molar-refractivity contribution in [3.05, 3.63) is 24.2 Å². The first-order valence-corrected chi connectivity index (χ1v) is 2.64. The zero-order chi connectivity index (χ0) is 7.28. The molecule has 50 valence electrons. The SMILES string of the molecule is C=C(C)C=N/C=C(\C)F.